The molecule has 0 atom stereocenters. The third-order valence-corrected chi connectivity index (χ3v) is 5.86. The largest absolute Gasteiger partial charge is 0.493 e. The number of aromatic nitrogens is 3. The van der Waals surface area contributed by atoms with Crippen molar-refractivity contribution >= 4 is 22.4 Å². The number of hydrogen-bond donors (Lipinski definition) is 1. The number of carbonyl (C=O) groups is 1. The SMILES string of the molecule is Cc1nnc(-c2ccc(Oc3cc(OCC4CC4)cc(C(=O)Nc4ncc(C)s4)c3)cc2)o1. The summed E-state index contributed by atoms with van der Waals surface area (Å²) < 4.78 is 17.4. The van der Waals surface area contributed by atoms with E-state index in [4.69, 9.17) is 13.9 Å². The highest BCUT2D eigenvalue weighted by molar-refractivity contribution is 7.15. The maximum absolute atomic E-state index is 12.9. The van der Waals surface area contributed by atoms with E-state index in [0.29, 0.717) is 52.2 Å². The van der Waals surface area contributed by atoms with Crippen molar-refractivity contribution in [1.29, 1.82) is 0 Å². The Labute approximate surface area is 194 Å². The van der Waals surface area contributed by atoms with Crippen LogP contribution in [-0.4, -0.2) is 27.7 Å². The highest BCUT2D eigenvalue weighted by atomic mass is 32.1. The third kappa shape index (κ3) is 5.38. The van der Waals surface area contributed by atoms with Gasteiger partial charge in [-0.05, 0) is 62.1 Å². The topological polar surface area (TPSA) is 99.4 Å². The molecule has 9 heteroatoms. The number of carbonyl (C=O) groups excluding carboxylic acids is 1. The second-order valence-corrected chi connectivity index (χ2v) is 9.17. The molecule has 0 spiro atoms. The van der Waals surface area contributed by atoms with Gasteiger partial charge in [-0.2, -0.15) is 0 Å². The van der Waals surface area contributed by atoms with Crippen LogP contribution < -0.4 is 14.8 Å². The Balaban J connectivity index is 1.36. The van der Waals surface area contributed by atoms with Crippen molar-refractivity contribution in [3.05, 3.63) is 65.0 Å². The van der Waals surface area contributed by atoms with Gasteiger partial charge in [-0.15, -0.1) is 21.5 Å². The maximum Gasteiger partial charge on any atom is 0.257 e. The summed E-state index contributed by atoms with van der Waals surface area (Å²) in [6.45, 7) is 4.32. The molecule has 5 rings (SSSR count). The van der Waals surface area contributed by atoms with Crippen molar-refractivity contribution in [2.45, 2.75) is 26.7 Å². The van der Waals surface area contributed by atoms with Crippen molar-refractivity contribution in [1.82, 2.24) is 15.2 Å². The Morgan fingerprint density at radius 3 is 2.55 bits per heavy atom. The van der Waals surface area contributed by atoms with E-state index in [1.54, 1.807) is 31.3 Å². The van der Waals surface area contributed by atoms with Gasteiger partial charge in [0.1, 0.15) is 17.2 Å². The zero-order valence-electron chi connectivity index (χ0n) is 18.2. The Morgan fingerprint density at radius 1 is 1.09 bits per heavy atom. The van der Waals surface area contributed by atoms with E-state index >= 15 is 0 Å². The first-order chi connectivity index (χ1) is 16.0. The molecule has 8 nitrogen and oxygen atoms in total. The molecule has 1 amide bonds. The van der Waals surface area contributed by atoms with Gasteiger partial charge in [0.25, 0.3) is 5.91 Å². The highest BCUT2D eigenvalue weighted by Crippen LogP contribution is 2.33. The van der Waals surface area contributed by atoms with E-state index in [-0.39, 0.29) is 5.91 Å². The molecule has 1 fully saturated rings. The Bertz CT molecular complexity index is 1280. The van der Waals surface area contributed by atoms with Crippen LogP contribution in [0.4, 0.5) is 5.13 Å². The molecule has 1 aliphatic carbocycles. The number of aryl methyl sites for hydroxylation is 2. The molecule has 0 unspecified atom stereocenters. The van der Waals surface area contributed by atoms with Crippen LogP contribution in [0.3, 0.4) is 0 Å². The van der Waals surface area contributed by atoms with Crippen LogP contribution in [0.2, 0.25) is 0 Å². The van der Waals surface area contributed by atoms with Crippen LogP contribution in [0.1, 0.15) is 34.0 Å². The fraction of sp³-hybridized carbons (Fsp3) is 0.250. The quantitative estimate of drug-likeness (QED) is 0.361. The van der Waals surface area contributed by atoms with Gasteiger partial charge in [0, 0.05) is 35.2 Å². The summed E-state index contributed by atoms with van der Waals surface area (Å²) in [5.41, 5.74) is 1.23. The van der Waals surface area contributed by atoms with Gasteiger partial charge in [-0.3, -0.25) is 10.1 Å². The molecule has 2 aromatic heterocycles. The summed E-state index contributed by atoms with van der Waals surface area (Å²) in [4.78, 5) is 18.1. The van der Waals surface area contributed by atoms with Crippen molar-refractivity contribution in [3.8, 4) is 28.7 Å². The molecule has 1 saturated carbocycles. The lowest BCUT2D eigenvalue weighted by atomic mass is 10.2. The summed E-state index contributed by atoms with van der Waals surface area (Å²) in [5.74, 6) is 2.98. The first kappa shape index (κ1) is 21.1. The molecular formula is C24H22N4O4S. The number of thiazole rings is 1. The minimum Gasteiger partial charge on any atom is -0.493 e. The van der Waals surface area contributed by atoms with Crippen LogP contribution in [0.5, 0.6) is 17.2 Å². The molecule has 4 aromatic rings. The third-order valence-electron chi connectivity index (χ3n) is 5.03. The van der Waals surface area contributed by atoms with E-state index in [1.807, 2.05) is 31.2 Å². The molecule has 33 heavy (non-hydrogen) atoms. The number of amides is 1. The van der Waals surface area contributed by atoms with Crippen LogP contribution in [0.15, 0.2) is 53.1 Å². The zero-order chi connectivity index (χ0) is 22.8. The van der Waals surface area contributed by atoms with Gasteiger partial charge in [-0.25, -0.2) is 4.98 Å². The second kappa shape index (κ2) is 9.03. The molecular weight excluding hydrogens is 440 g/mol. The van der Waals surface area contributed by atoms with Gasteiger partial charge < -0.3 is 13.9 Å². The van der Waals surface area contributed by atoms with Crippen molar-refractivity contribution in [2.75, 3.05) is 11.9 Å². The monoisotopic (exact) mass is 462 g/mol. The first-order valence-corrected chi connectivity index (χ1v) is 11.4. The van der Waals surface area contributed by atoms with Crippen LogP contribution in [0.25, 0.3) is 11.5 Å². The normalized spacial score (nSPS) is 13.0. The Morgan fingerprint density at radius 2 is 1.88 bits per heavy atom. The summed E-state index contributed by atoms with van der Waals surface area (Å²) in [6.07, 6.45) is 4.08. The van der Waals surface area contributed by atoms with Crippen molar-refractivity contribution in [3.63, 3.8) is 0 Å². The van der Waals surface area contributed by atoms with Gasteiger partial charge in [0.15, 0.2) is 5.13 Å². The minimum absolute atomic E-state index is 0.270. The molecule has 2 aromatic carbocycles. The molecule has 2 heterocycles. The summed E-state index contributed by atoms with van der Waals surface area (Å²) in [6, 6.07) is 12.5. The molecule has 0 bridgehead atoms. The van der Waals surface area contributed by atoms with Crippen molar-refractivity contribution in [2.24, 2.45) is 5.92 Å². The molecule has 1 N–H and O–H groups in total. The smallest absolute Gasteiger partial charge is 0.257 e. The van der Waals surface area contributed by atoms with Crippen LogP contribution in [0, 0.1) is 19.8 Å². The number of rotatable bonds is 8. The highest BCUT2D eigenvalue weighted by Gasteiger charge is 2.22. The van der Waals surface area contributed by atoms with Crippen molar-refractivity contribution < 1.29 is 18.7 Å². The van der Waals surface area contributed by atoms with Gasteiger partial charge in [-0.1, -0.05) is 0 Å². The first-order valence-electron chi connectivity index (χ1n) is 10.6. The number of hydrogen-bond acceptors (Lipinski definition) is 8. The molecule has 0 aliphatic heterocycles. The molecule has 0 radical (unpaired) electrons. The average Bonchev–Trinajstić information content (AvgIpc) is 3.40. The second-order valence-electron chi connectivity index (χ2n) is 7.93. The summed E-state index contributed by atoms with van der Waals surface area (Å²) >= 11 is 1.42. The zero-order valence-corrected chi connectivity index (χ0v) is 19.0. The van der Waals surface area contributed by atoms with Crippen LogP contribution in [-0.2, 0) is 0 Å². The standard InChI is InChI=1S/C24H22N4O4S/c1-14-12-25-24(33-14)26-22(29)18-9-20(30-13-16-3-4-16)11-21(10-18)32-19-7-5-17(6-8-19)23-28-27-15(2)31-23/h5-12,16H,3-4,13H2,1-2H3,(H,25,26,29). The predicted octanol–water partition coefficient (Wildman–Crippen LogP) is 5.64. The fourth-order valence-electron chi connectivity index (χ4n) is 3.14. The average molecular weight is 463 g/mol. The number of ether oxygens (including phenoxy) is 2. The Hall–Kier alpha value is -3.72. The van der Waals surface area contributed by atoms with Crippen LogP contribution >= 0.6 is 11.3 Å². The summed E-state index contributed by atoms with van der Waals surface area (Å²) in [7, 11) is 0. The lowest BCUT2D eigenvalue weighted by Gasteiger charge is -2.12. The number of nitrogens with zero attached hydrogens (tertiary/aromatic N) is 3. The summed E-state index contributed by atoms with van der Waals surface area (Å²) in [5, 5.41) is 11.3. The molecule has 0 saturated heterocycles. The number of anilines is 1. The number of benzene rings is 2. The van der Waals surface area contributed by atoms with Gasteiger partial charge >= 0.3 is 0 Å². The molecule has 168 valence electrons. The van der Waals surface area contributed by atoms with Gasteiger partial charge in [0.05, 0.1) is 6.61 Å². The number of nitrogens with one attached hydrogen (secondary N) is 1. The maximum atomic E-state index is 12.9. The Kier molecular flexibility index (Phi) is 5.78. The van der Waals surface area contributed by atoms with E-state index in [2.05, 4.69) is 20.5 Å². The predicted molar refractivity (Wildman–Crippen MR) is 124 cm³/mol. The van der Waals surface area contributed by atoms with Gasteiger partial charge in [0.2, 0.25) is 11.8 Å². The van der Waals surface area contributed by atoms with E-state index in [1.165, 1.54) is 24.2 Å². The van der Waals surface area contributed by atoms with E-state index in [0.717, 1.165) is 10.4 Å². The lowest BCUT2D eigenvalue weighted by Crippen LogP contribution is -2.12. The lowest BCUT2D eigenvalue weighted by molar-refractivity contribution is 0.102. The fourth-order valence-corrected chi connectivity index (χ4v) is 3.80. The molecule has 1 aliphatic rings. The van der Waals surface area contributed by atoms with E-state index in [9.17, 15) is 4.79 Å². The minimum atomic E-state index is -0.270. The van der Waals surface area contributed by atoms with E-state index < -0.39 is 0 Å².